The number of hydrogen-bond acceptors (Lipinski definition) is 7. The summed E-state index contributed by atoms with van der Waals surface area (Å²) in [7, 11) is -2.54. The fourth-order valence-electron chi connectivity index (χ4n) is 3.90. The fourth-order valence-corrected chi connectivity index (χ4v) is 4.26. The van der Waals surface area contributed by atoms with E-state index in [0.717, 1.165) is 11.6 Å². The van der Waals surface area contributed by atoms with Crippen LogP contribution in [0.2, 0.25) is 0 Å². The first-order valence-corrected chi connectivity index (χ1v) is 12.8. The molecule has 0 unspecified atom stereocenters. The van der Waals surface area contributed by atoms with E-state index in [1.54, 1.807) is 66.7 Å². The van der Waals surface area contributed by atoms with Crippen molar-refractivity contribution in [2.24, 2.45) is 5.73 Å². The van der Waals surface area contributed by atoms with E-state index in [-0.39, 0.29) is 17.0 Å². The molecule has 1 amide bonds. The molecule has 4 N–H and O–H groups in total. The summed E-state index contributed by atoms with van der Waals surface area (Å²) in [5.74, 6) is -1.09. The highest BCUT2D eigenvalue weighted by Crippen LogP contribution is 2.35. The van der Waals surface area contributed by atoms with Crippen molar-refractivity contribution >= 4 is 44.3 Å². The first kappa shape index (κ1) is 25.4. The molecule has 0 bridgehead atoms. The van der Waals surface area contributed by atoms with E-state index < -0.39 is 22.0 Å². The highest BCUT2D eigenvalue weighted by atomic mass is 32.2. The Morgan fingerprint density at radius 3 is 2.24 bits per heavy atom. The van der Waals surface area contributed by atoms with Crippen LogP contribution in [0.4, 0.5) is 5.69 Å². The minimum absolute atomic E-state index is 0.0185. The quantitative estimate of drug-likeness (QED) is 0.189. The molecular formula is C27H23N3O6S. The second-order valence-corrected chi connectivity index (χ2v) is 9.72. The van der Waals surface area contributed by atoms with E-state index >= 15 is 0 Å². The van der Waals surface area contributed by atoms with Crippen molar-refractivity contribution in [2.75, 3.05) is 18.7 Å². The van der Waals surface area contributed by atoms with Crippen LogP contribution in [0.5, 0.6) is 5.75 Å². The Morgan fingerprint density at radius 1 is 0.892 bits per heavy atom. The lowest BCUT2D eigenvalue weighted by Crippen LogP contribution is -2.16. The van der Waals surface area contributed by atoms with Crippen molar-refractivity contribution < 1.29 is 26.9 Å². The fraction of sp³-hybridized carbons (Fsp3) is 0.0741. The van der Waals surface area contributed by atoms with E-state index in [2.05, 4.69) is 9.50 Å². The molecule has 0 radical (unpaired) electrons. The predicted molar refractivity (Wildman–Crippen MR) is 142 cm³/mol. The average Bonchev–Trinajstić information content (AvgIpc) is 2.86. The van der Waals surface area contributed by atoms with Gasteiger partial charge in [0.15, 0.2) is 0 Å². The third-order valence-electron chi connectivity index (χ3n) is 5.56. The predicted octanol–water partition coefficient (Wildman–Crippen LogP) is 4.17. The van der Waals surface area contributed by atoms with Crippen LogP contribution in [0.1, 0.15) is 26.3 Å². The molecule has 0 aliphatic rings. The number of fused-ring (bicyclic) bond motifs is 1. The number of ether oxygens (including phenoxy) is 1. The second-order valence-electron chi connectivity index (χ2n) is 8.14. The van der Waals surface area contributed by atoms with Crippen molar-refractivity contribution in [1.29, 1.82) is 5.41 Å². The zero-order chi connectivity index (χ0) is 26.7. The topological polar surface area (TPSA) is 149 Å². The molecule has 4 aromatic rings. The third-order valence-corrected chi connectivity index (χ3v) is 6.02. The summed E-state index contributed by atoms with van der Waals surface area (Å²) >= 11 is 0. The van der Waals surface area contributed by atoms with Gasteiger partial charge in [0.05, 0.1) is 18.9 Å². The van der Waals surface area contributed by atoms with E-state index in [0.29, 0.717) is 33.5 Å². The molecule has 0 spiro atoms. The smallest absolute Gasteiger partial charge is 0.354 e. The molecule has 9 nitrogen and oxygen atoms in total. The third kappa shape index (κ3) is 5.60. The van der Waals surface area contributed by atoms with E-state index in [4.69, 9.17) is 15.9 Å². The van der Waals surface area contributed by atoms with Gasteiger partial charge in [-0.2, -0.15) is 8.42 Å². The van der Waals surface area contributed by atoms with Crippen molar-refractivity contribution in [3.63, 3.8) is 0 Å². The van der Waals surface area contributed by atoms with Gasteiger partial charge in [0.2, 0.25) is 0 Å². The van der Waals surface area contributed by atoms with Gasteiger partial charge in [-0.05, 0) is 65.0 Å². The highest BCUT2D eigenvalue weighted by Gasteiger charge is 2.23. The van der Waals surface area contributed by atoms with Crippen molar-refractivity contribution in [3.05, 3.63) is 95.6 Å². The molecule has 0 fully saturated rings. The number of amidine groups is 1. The number of amides is 1. The summed E-state index contributed by atoms with van der Waals surface area (Å²) in [5, 5.41) is 11.8. The minimum atomic E-state index is -4.06. The van der Waals surface area contributed by atoms with Gasteiger partial charge in [-0.3, -0.25) is 10.2 Å². The number of carbonyl (C=O) groups is 2. The van der Waals surface area contributed by atoms with Gasteiger partial charge in [0.1, 0.15) is 11.6 Å². The van der Waals surface area contributed by atoms with Gasteiger partial charge in [-0.25, -0.2) is 4.79 Å². The molecular weight excluding hydrogens is 494 g/mol. The Kier molecular flexibility index (Phi) is 6.94. The molecule has 0 aromatic heterocycles. The van der Waals surface area contributed by atoms with Gasteiger partial charge in [-0.1, -0.05) is 30.3 Å². The summed E-state index contributed by atoms with van der Waals surface area (Å²) in [6.07, 6.45) is 0.784. The van der Waals surface area contributed by atoms with Crippen LogP contribution in [-0.4, -0.2) is 39.5 Å². The summed E-state index contributed by atoms with van der Waals surface area (Å²) < 4.78 is 33.3. The number of nitrogens with two attached hydrogens (primary N) is 1. The largest absolute Gasteiger partial charge is 0.496 e. The Morgan fingerprint density at radius 2 is 1.59 bits per heavy atom. The summed E-state index contributed by atoms with van der Waals surface area (Å²) in [4.78, 5) is 26.3. The minimum Gasteiger partial charge on any atom is -0.496 e. The molecule has 0 atom stereocenters. The molecule has 10 heteroatoms. The molecule has 4 aromatic carbocycles. The Labute approximate surface area is 213 Å². The lowest BCUT2D eigenvalue weighted by Gasteiger charge is -2.16. The highest BCUT2D eigenvalue weighted by molar-refractivity contribution is 7.86. The van der Waals surface area contributed by atoms with Crippen LogP contribution in [-0.2, 0) is 14.3 Å². The van der Waals surface area contributed by atoms with Gasteiger partial charge >= 0.3 is 16.1 Å². The van der Waals surface area contributed by atoms with Crippen LogP contribution in [0.25, 0.3) is 21.9 Å². The molecule has 0 saturated carbocycles. The van der Waals surface area contributed by atoms with E-state index in [1.165, 1.54) is 13.2 Å². The number of methoxy groups -OCH3 is 1. The van der Waals surface area contributed by atoms with Crippen LogP contribution >= 0.6 is 0 Å². The molecule has 4 rings (SSSR count). The Hall–Kier alpha value is -4.70. The lowest BCUT2D eigenvalue weighted by atomic mass is 9.92. The van der Waals surface area contributed by atoms with Crippen LogP contribution in [0, 0.1) is 5.41 Å². The zero-order valence-electron chi connectivity index (χ0n) is 19.9. The number of carbonyl (C=O) groups excluding carboxylic acids is 2. The van der Waals surface area contributed by atoms with Crippen molar-refractivity contribution in [1.82, 2.24) is 0 Å². The Balaban J connectivity index is 1.88. The normalized spacial score (nSPS) is 11.1. The monoisotopic (exact) mass is 517 g/mol. The van der Waals surface area contributed by atoms with Crippen LogP contribution in [0.3, 0.4) is 0 Å². The zero-order valence-corrected chi connectivity index (χ0v) is 20.8. The maximum Gasteiger partial charge on any atom is 0.354 e. The number of nitrogens with one attached hydrogen (secondary N) is 2. The van der Waals surface area contributed by atoms with Gasteiger partial charge < -0.3 is 20.0 Å². The first-order valence-electron chi connectivity index (χ1n) is 11.0. The number of hydrogen-bond donors (Lipinski definition) is 3. The number of nitrogen functional groups attached to an aromatic ring is 1. The van der Waals surface area contributed by atoms with Crippen LogP contribution < -0.4 is 15.8 Å². The Bertz CT molecular complexity index is 1650. The molecule has 0 aliphatic carbocycles. The number of anilines is 1. The summed E-state index contributed by atoms with van der Waals surface area (Å²) in [5.41, 5.74) is 7.38. The molecule has 0 heterocycles. The molecule has 0 aliphatic heterocycles. The molecule has 0 saturated heterocycles. The number of benzene rings is 4. The first-order chi connectivity index (χ1) is 17.6. The van der Waals surface area contributed by atoms with Gasteiger partial charge in [0, 0.05) is 22.2 Å². The van der Waals surface area contributed by atoms with Crippen molar-refractivity contribution in [3.8, 4) is 16.9 Å². The second kappa shape index (κ2) is 10.1. The number of rotatable bonds is 7. The molecule has 188 valence electrons. The summed E-state index contributed by atoms with van der Waals surface area (Å²) in [6, 6.07) is 21.5. The average molecular weight is 518 g/mol. The lowest BCUT2D eigenvalue weighted by molar-refractivity contribution is 0.0748. The van der Waals surface area contributed by atoms with E-state index in [1.807, 2.05) is 6.07 Å². The summed E-state index contributed by atoms with van der Waals surface area (Å²) in [6.45, 7) is 0. The van der Waals surface area contributed by atoms with Gasteiger partial charge in [-0.15, -0.1) is 0 Å². The van der Waals surface area contributed by atoms with E-state index in [9.17, 15) is 18.0 Å². The standard InChI is InChI=1S/C27H23N3O6S/c1-35-24-9-5-6-17-14-22(19-7-3-4-8-20(19)27(32)36-37(2,33)34)23(15-21(17)24)26(31)30-18-12-10-16(11-13-18)25(28)29/h3-15H,1-2H3,(H3,28,29)(H,30,31). The molecule has 37 heavy (non-hydrogen) atoms. The van der Waals surface area contributed by atoms with Gasteiger partial charge in [0.25, 0.3) is 5.91 Å². The SMILES string of the molecule is COc1cccc2cc(-c3ccccc3C(=O)OS(C)(=O)=O)c(C(=O)Nc3ccc(C(=N)N)cc3)cc12. The maximum atomic E-state index is 13.5. The van der Waals surface area contributed by atoms with Crippen LogP contribution in [0.15, 0.2) is 78.9 Å². The van der Waals surface area contributed by atoms with Crippen molar-refractivity contribution in [2.45, 2.75) is 0 Å². The maximum absolute atomic E-state index is 13.5.